The van der Waals surface area contributed by atoms with Gasteiger partial charge < -0.3 is 4.74 Å². The van der Waals surface area contributed by atoms with Crippen LogP contribution in [-0.4, -0.2) is 24.6 Å². The summed E-state index contributed by atoms with van der Waals surface area (Å²) in [7, 11) is -4.40. The van der Waals surface area contributed by atoms with Crippen LogP contribution in [0.15, 0.2) is 95.5 Å². The average molecular weight is 583 g/mol. The molecule has 3 aromatic rings. The lowest BCUT2D eigenvalue weighted by atomic mass is 9.94. The Bertz CT molecular complexity index is 1580. The van der Waals surface area contributed by atoms with Gasteiger partial charge in [0.1, 0.15) is 16.8 Å². The molecule has 2 heterocycles. The first-order valence-electron chi connectivity index (χ1n) is 11.3. The lowest BCUT2D eigenvalue weighted by molar-refractivity contribution is -0.306. The third-order valence-electron chi connectivity index (χ3n) is 6.36. The summed E-state index contributed by atoms with van der Waals surface area (Å²) in [6.45, 7) is 0. The molecule has 0 saturated carbocycles. The molecule has 0 N–H and O–H groups in total. The van der Waals surface area contributed by atoms with E-state index in [1.165, 1.54) is 34.9 Å². The molecule has 198 valence electrons. The molecule has 5 rings (SSSR count). The Morgan fingerprint density at radius 3 is 2.03 bits per heavy atom. The fourth-order valence-electron chi connectivity index (χ4n) is 4.81. The topological polar surface area (TPSA) is 68.6 Å². The normalized spacial score (nSPS) is 21.2. The highest BCUT2D eigenvalue weighted by atomic mass is 35.5. The van der Waals surface area contributed by atoms with Crippen LogP contribution < -0.4 is 9.86 Å². The molecule has 1 aromatic heterocycles. The van der Waals surface area contributed by atoms with Crippen LogP contribution in [0.2, 0.25) is 10.0 Å². The summed E-state index contributed by atoms with van der Waals surface area (Å²) in [5.41, 5.74) is 0.698. The van der Waals surface area contributed by atoms with Crippen molar-refractivity contribution in [2.45, 2.75) is 30.1 Å². The molecule has 0 radical (unpaired) electrons. The highest BCUT2D eigenvalue weighted by molar-refractivity contribution is 7.93. The van der Waals surface area contributed by atoms with Gasteiger partial charge in [0.15, 0.2) is 0 Å². The third kappa shape index (κ3) is 4.95. The molecule has 1 aliphatic heterocycles. The molecule has 3 atom stereocenters. The average Bonchev–Trinajstić information content (AvgIpc) is 3.21. The van der Waals surface area contributed by atoms with E-state index in [0.29, 0.717) is 21.2 Å². The number of anilines is 1. The number of alkyl halides is 3. The number of hydrogen-bond donors (Lipinski definition) is 0. The number of rotatable bonds is 5. The molecule has 1 aliphatic carbocycles. The second-order valence-corrected chi connectivity index (χ2v) is 11.6. The SMILES string of the molecule is O=c1cccc2n1[C@@H](c1ccc(Cl)cc1)[C@@H](c1ccc(Cl)cc1)N2S(=O)(=O)C1C=CC=C(OC(F)(F)F)C1. The quantitative estimate of drug-likeness (QED) is 0.350. The van der Waals surface area contributed by atoms with Crippen molar-refractivity contribution >= 4 is 39.0 Å². The molecule has 1 unspecified atom stereocenters. The van der Waals surface area contributed by atoms with Crippen molar-refractivity contribution in [3.8, 4) is 0 Å². The van der Waals surface area contributed by atoms with Crippen LogP contribution in [-0.2, 0) is 14.8 Å². The van der Waals surface area contributed by atoms with Crippen LogP contribution >= 0.6 is 23.2 Å². The van der Waals surface area contributed by atoms with E-state index in [-0.39, 0.29) is 5.82 Å². The van der Waals surface area contributed by atoms with Crippen molar-refractivity contribution in [2.24, 2.45) is 0 Å². The van der Waals surface area contributed by atoms with E-state index in [0.717, 1.165) is 10.4 Å². The summed E-state index contributed by atoms with van der Waals surface area (Å²) in [5, 5.41) is -0.503. The van der Waals surface area contributed by atoms with Crippen LogP contribution in [0.5, 0.6) is 0 Å². The molecule has 0 spiro atoms. The molecule has 0 bridgehead atoms. The van der Waals surface area contributed by atoms with Crippen molar-refractivity contribution in [3.63, 3.8) is 0 Å². The molecule has 0 fully saturated rings. The van der Waals surface area contributed by atoms with Gasteiger partial charge in [0.05, 0.1) is 12.1 Å². The molecule has 12 heteroatoms. The van der Waals surface area contributed by atoms with Crippen molar-refractivity contribution in [1.82, 2.24) is 4.57 Å². The first kappa shape index (κ1) is 26.4. The van der Waals surface area contributed by atoms with Gasteiger partial charge in [-0.3, -0.25) is 9.36 Å². The Hall–Kier alpha value is -3.21. The molecule has 2 aromatic carbocycles. The molecular formula is C26H19Cl2F3N2O4S. The summed E-state index contributed by atoms with van der Waals surface area (Å²) >= 11 is 12.2. The minimum Gasteiger partial charge on any atom is -0.410 e. The van der Waals surface area contributed by atoms with Gasteiger partial charge in [-0.15, -0.1) is 13.2 Å². The lowest BCUT2D eigenvalue weighted by Crippen LogP contribution is -2.40. The fourth-order valence-corrected chi connectivity index (χ4v) is 6.99. The Balaban J connectivity index is 1.68. The number of aromatic nitrogens is 1. The van der Waals surface area contributed by atoms with Gasteiger partial charge in [0.2, 0.25) is 10.0 Å². The van der Waals surface area contributed by atoms with Gasteiger partial charge in [0.25, 0.3) is 5.56 Å². The molecule has 2 aliphatic rings. The number of pyridine rings is 1. The molecule has 0 saturated heterocycles. The van der Waals surface area contributed by atoms with Gasteiger partial charge in [-0.2, -0.15) is 0 Å². The van der Waals surface area contributed by atoms with Gasteiger partial charge in [-0.1, -0.05) is 65.7 Å². The summed E-state index contributed by atoms with van der Waals surface area (Å²) in [6.07, 6.45) is -1.90. The van der Waals surface area contributed by atoms with Gasteiger partial charge in [0, 0.05) is 22.5 Å². The number of nitrogens with zero attached hydrogens (tertiary/aromatic N) is 2. The van der Waals surface area contributed by atoms with Crippen LogP contribution in [0.4, 0.5) is 19.0 Å². The number of allylic oxidation sites excluding steroid dienone is 3. The zero-order chi connectivity index (χ0) is 27.2. The second-order valence-electron chi connectivity index (χ2n) is 8.73. The lowest BCUT2D eigenvalue weighted by Gasteiger charge is -2.32. The van der Waals surface area contributed by atoms with Gasteiger partial charge in [-0.05, 0) is 47.5 Å². The Morgan fingerprint density at radius 2 is 1.45 bits per heavy atom. The summed E-state index contributed by atoms with van der Waals surface area (Å²) in [6, 6.07) is 15.7. The van der Waals surface area contributed by atoms with E-state index < -0.39 is 51.5 Å². The predicted octanol–water partition coefficient (Wildman–Crippen LogP) is 6.38. The Morgan fingerprint density at radius 1 is 0.868 bits per heavy atom. The minimum absolute atomic E-state index is 0.0821. The summed E-state index contributed by atoms with van der Waals surface area (Å²) in [5.74, 6) is -0.450. The van der Waals surface area contributed by atoms with Crippen molar-refractivity contribution in [2.75, 3.05) is 4.31 Å². The number of halogens is 5. The van der Waals surface area contributed by atoms with Crippen molar-refractivity contribution in [3.05, 3.63) is 122 Å². The maximum absolute atomic E-state index is 14.2. The number of sulfonamides is 1. The third-order valence-corrected chi connectivity index (χ3v) is 8.92. The van der Waals surface area contributed by atoms with E-state index in [2.05, 4.69) is 4.74 Å². The van der Waals surface area contributed by atoms with Crippen LogP contribution in [0, 0.1) is 0 Å². The van der Waals surface area contributed by atoms with E-state index in [1.807, 2.05) is 0 Å². The van der Waals surface area contributed by atoms with Crippen molar-refractivity contribution < 1.29 is 26.3 Å². The first-order valence-corrected chi connectivity index (χ1v) is 13.6. The van der Waals surface area contributed by atoms with E-state index in [4.69, 9.17) is 23.2 Å². The smallest absolute Gasteiger partial charge is 0.410 e. The maximum atomic E-state index is 14.2. The van der Waals surface area contributed by atoms with Crippen LogP contribution in [0.1, 0.15) is 29.6 Å². The van der Waals surface area contributed by atoms with Gasteiger partial charge >= 0.3 is 6.36 Å². The van der Waals surface area contributed by atoms with Gasteiger partial charge in [-0.25, -0.2) is 12.7 Å². The Kier molecular flexibility index (Phi) is 6.83. The van der Waals surface area contributed by atoms with E-state index in [9.17, 15) is 26.4 Å². The number of hydrogen-bond acceptors (Lipinski definition) is 4. The Labute approximate surface area is 226 Å². The molecule has 0 amide bonds. The van der Waals surface area contributed by atoms with E-state index >= 15 is 0 Å². The zero-order valence-electron chi connectivity index (χ0n) is 19.3. The summed E-state index contributed by atoms with van der Waals surface area (Å²) < 4.78 is 73.6. The zero-order valence-corrected chi connectivity index (χ0v) is 21.7. The van der Waals surface area contributed by atoms with E-state index in [1.54, 1.807) is 48.5 Å². The largest absolute Gasteiger partial charge is 0.572 e. The van der Waals surface area contributed by atoms with Crippen molar-refractivity contribution in [1.29, 1.82) is 0 Å². The standard InChI is InChI=1S/C26H19Cl2F3N2O4S/c27-18-11-7-16(8-12-18)24-25(17-9-13-19(28)14-10-17)33(22-5-2-6-23(34)32(22)24)38(35,36)21-4-1-3-20(15-21)37-26(29,30)31/h1-14,21,24-25H,15H2/t21?,24-,25+/m0/s1. The predicted molar refractivity (Wildman–Crippen MR) is 139 cm³/mol. The number of ether oxygens (including phenoxy) is 1. The number of benzene rings is 2. The molecule has 6 nitrogen and oxygen atoms in total. The monoisotopic (exact) mass is 582 g/mol. The summed E-state index contributed by atoms with van der Waals surface area (Å²) in [4.78, 5) is 13.2. The first-order chi connectivity index (χ1) is 18.0. The molecule has 38 heavy (non-hydrogen) atoms. The number of fused-ring (bicyclic) bond motifs is 1. The molecular weight excluding hydrogens is 564 g/mol. The highest BCUT2D eigenvalue weighted by Crippen LogP contribution is 2.49. The highest BCUT2D eigenvalue weighted by Gasteiger charge is 2.49. The van der Waals surface area contributed by atoms with Crippen LogP contribution in [0.3, 0.4) is 0 Å². The fraction of sp³-hybridized carbons (Fsp3) is 0.192. The maximum Gasteiger partial charge on any atom is 0.572 e. The second kappa shape index (κ2) is 9.83. The minimum atomic E-state index is -4.97. The van der Waals surface area contributed by atoms with Crippen LogP contribution in [0.25, 0.3) is 0 Å².